The SMILES string of the molecule is N#CC(c1ccccc1)C1CCCN1c1ncc(C(F)(F)F)cc1Cl. The van der Waals surface area contributed by atoms with Crippen molar-refractivity contribution in [2.24, 2.45) is 0 Å². The molecule has 0 saturated carbocycles. The Morgan fingerprint density at radius 3 is 2.60 bits per heavy atom. The first kappa shape index (κ1) is 17.6. The van der Waals surface area contributed by atoms with Crippen LogP contribution in [0.1, 0.15) is 29.9 Å². The Hall–Kier alpha value is -2.26. The molecule has 1 aromatic heterocycles. The summed E-state index contributed by atoms with van der Waals surface area (Å²) in [7, 11) is 0. The minimum atomic E-state index is -4.49. The highest BCUT2D eigenvalue weighted by atomic mass is 35.5. The van der Waals surface area contributed by atoms with Gasteiger partial charge in [-0.05, 0) is 24.5 Å². The summed E-state index contributed by atoms with van der Waals surface area (Å²) in [4.78, 5) is 5.80. The van der Waals surface area contributed by atoms with E-state index < -0.39 is 17.7 Å². The van der Waals surface area contributed by atoms with Crippen LogP contribution in [0.4, 0.5) is 19.0 Å². The van der Waals surface area contributed by atoms with Crippen LogP contribution in [0.2, 0.25) is 5.02 Å². The van der Waals surface area contributed by atoms with Crippen molar-refractivity contribution in [1.82, 2.24) is 4.98 Å². The molecule has 0 N–H and O–H groups in total. The van der Waals surface area contributed by atoms with E-state index in [9.17, 15) is 18.4 Å². The Morgan fingerprint density at radius 2 is 2.00 bits per heavy atom. The fourth-order valence-electron chi connectivity index (χ4n) is 3.24. The highest BCUT2D eigenvalue weighted by Crippen LogP contribution is 2.38. The first-order chi connectivity index (χ1) is 11.9. The quantitative estimate of drug-likeness (QED) is 0.765. The molecule has 2 aromatic rings. The zero-order valence-electron chi connectivity index (χ0n) is 13.2. The molecular weight excluding hydrogens is 351 g/mol. The van der Waals surface area contributed by atoms with E-state index in [0.717, 1.165) is 30.7 Å². The number of anilines is 1. The minimum Gasteiger partial charge on any atom is -0.351 e. The van der Waals surface area contributed by atoms with Crippen molar-refractivity contribution in [1.29, 1.82) is 5.26 Å². The average molecular weight is 366 g/mol. The van der Waals surface area contributed by atoms with Gasteiger partial charge in [0.15, 0.2) is 0 Å². The Morgan fingerprint density at radius 1 is 1.28 bits per heavy atom. The van der Waals surface area contributed by atoms with Crippen molar-refractivity contribution < 1.29 is 13.2 Å². The van der Waals surface area contributed by atoms with Crippen molar-refractivity contribution in [3.8, 4) is 6.07 Å². The van der Waals surface area contributed by atoms with Gasteiger partial charge in [-0.2, -0.15) is 18.4 Å². The zero-order chi connectivity index (χ0) is 18.0. The summed E-state index contributed by atoms with van der Waals surface area (Å²) in [6.45, 7) is 0.605. The molecule has 1 aromatic carbocycles. The summed E-state index contributed by atoms with van der Waals surface area (Å²) in [5, 5.41) is 9.60. The van der Waals surface area contributed by atoms with E-state index in [2.05, 4.69) is 11.1 Å². The third kappa shape index (κ3) is 3.57. The Balaban J connectivity index is 1.93. The second-order valence-electron chi connectivity index (χ2n) is 5.95. The van der Waals surface area contributed by atoms with E-state index in [1.165, 1.54) is 0 Å². The summed E-state index contributed by atoms with van der Waals surface area (Å²) in [6.07, 6.45) is -2.11. The summed E-state index contributed by atoms with van der Waals surface area (Å²) >= 11 is 6.09. The second kappa shape index (κ2) is 6.93. The Labute approximate surface area is 148 Å². The second-order valence-corrected chi connectivity index (χ2v) is 6.35. The van der Waals surface area contributed by atoms with Gasteiger partial charge in [0.1, 0.15) is 5.82 Å². The van der Waals surface area contributed by atoms with Gasteiger partial charge in [-0.15, -0.1) is 0 Å². The largest absolute Gasteiger partial charge is 0.417 e. The van der Waals surface area contributed by atoms with Gasteiger partial charge in [-0.1, -0.05) is 41.9 Å². The average Bonchev–Trinajstić information content (AvgIpc) is 3.05. The van der Waals surface area contributed by atoms with Crippen molar-refractivity contribution in [2.45, 2.75) is 31.0 Å². The molecule has 7 heteroatoms. The number of alkyl halides is 3. The predicted molar refractivity (Wildman–Crippen MR) is 89.4 cm³/mol. The maximum absolute atomic E-state index is 12.8. The number of hydrogen-bond donors (Lipinski definition) is 0. The van der Waals surface area contributed by atoms with Gasteiger partial charge in [-0.3, -0.25) is 0 Å². The maximum Gasteiger partial charge on any atom is 0.417 e. The van der Waals surface area contributed by atoms with E-state index in [1.807, 2.05) is 35.2 Å². The highest BCUT2D eigenvalue weighted by Gasteiger charge is 2.36. The van der Waals surface area contributed by atoms with Crippen molar-refractivity contribution >= 4 is 17.4 Å². The predicted octanol–water partition coefficient (Wildman–Crippen LogP) is 5.03. The molecule has 0 amide bonds. The number of halogens is 4. The third-order valence-corrected chi connectivity index (χ3v) is 4.68. The van der Waals surface area contributed by atoms with Gasteiger partial charge in [0.25, 0.3) is 0 Å². The van der Waals surface area contributed by atoms with Crippen LogP contribution >= 0.6 is 11.6 Å². The fraction of sp³-hybridized carbons (Fsp3) is 0.333. The van der Waals surface area contributed by atoms with E-state index in [-0.39, 0.29) is 11.1 Å². The van der Waals surface area contributed by atoms with Crippen LogP contribution in [0.5, 0.6) is 0 Å². The molecule has 0 spiro atoms. The van der Waals surface area contributed by atoms with Crippen LogP contribution in [0.15, 0.2) is 42.6 Å². The summed E-state index contributed by atoms with van der Waals surface area (Å²) in [5.41, 5.74) is 0.00169. The topological polar surface area (TPSA) is 39.9 Å². The number of nitrogens with zero attached hydrogens (tertiary/aromatic N) is 3. The number of pyridine rings is 1. The minimum absolute atomic E-state index is 0.0496. The number of rotatable bonds is 3. The maximum atomic E-state index is 12.8. The van der Waals surface area contributed by atoms with Crippen molar-refractivity contribution in [2.75, 3.05) is 11.4 Å². The van der Waals surface area contributed by atoms with E-state index >= 15 is 0 Å². The first-order valence-electron chi connectivity index (χ1n) is 7.86. The molecule has 3 rings (SSSR count). The van der Waals surface area contributed by atoms with Gasteiger partial charge in [0.2, 0.25) is 0 Å². The normalized spacial score (nSPS) is 18.8. The van der Waals surface area contributed by atoms with Crippen LogP contribution < -0.4 is 4.90 Å². The smallest absolute Gasteiger partial charge is 0.351 e. The van der Waals surface area contributed by atoms with Gasteiger partial charge < -0.3 is 4.90 Å². The molecule has 2 atom stereocenters. The number of nitriles is 1. The molecule has 1 aliphatic heterocycles. The van der Waals surface area contributed by atoms with Gasteiger partial charge in [-0.25, -0.2) is 4.98 Å². The molecule has 1 fully saturated rings. The Kier molecular flexibility index (Phi) is 4.87. The lowest BCUT2D eigenvalue weighted by Crippen LogP contribution is -2.35. The van der Waals surface area contributed by atoms with E-state index in [4.69, 9.17) is 11.6 Å². The molecule has 0 bridgehead atoms. The number of hydrogen-bond acceptors (Lipinski definition) is 3. The lowest BCUT2D eigenvalue weighted by atomic mass is 9.91. The lowest BCUT2D eigenvalue weighted by Gasteiger charge is -2.30. The zero-order valence-corrected chi connectivity index (χ0v) is 13.9. The van der Waals surface area contributed by atoms with Crippen LogP contribution in [0.3, 0.4) is 0 Å². The van der Waals surface area contributed by atoms with Gasteiger partial charge >= 0.3 is 6.18 Å². The van der Waals surface area contributed by atoms with Crippen LogP contribution in [0.25, 0.3) is 0 Å². The molecule has 0 aliphatic carbocycles. The van der Waals surface area contributed by atoms with Crippen LogP contribution in [-0.4, -0.2) is 17.6 Å². The van der Waals surface area contributed by atoms with Gasteiger partial charge in [0.05, 0.1) is 28.6 Å². The van der Waals surface area contributed by atoms with Crippen LogP contribution in [-0.2, 0) is 6.18 Å². The standard InChI is InChI=1S/C18H15ClF3N3/c19-15-9-13(18(20,21)22)11-24-17(15)25-8-4-7-16(25)14(10-23)12-5-2-1-3-6-12/h1-3,5-6,9,11,14,16H,4,7-8H2. The summed E-state index contributed by atoms with van der Waals surface area (Å²) in [6, 6.07) is 12.4. The van der Waals surface area contributed by atoms with Crippen molar-refractivity contribution in [3.05, 3.63) is 58.7 Å². The number of benzene rings is 1. The molecule has 2 unspecified atom stereocenters. The highest BCUT2D eigenvalue weighted by molar-refractivity contribution is 6.33. The first-order valence-corrected chi connectivity index (χ1v) is 8.23. The number of aromatic nitrogens is 1. The van der Waals surface area contributed by atoms with Crippen molar-refractivity contribution in [3.63, 3.8) is 0 Å². The monoisotopic (exact) mass is 365 g/mol. The van der Waals surface area contributed by atoms with Crippen LogP contribution in [0, 0.1) is 11.3 Å². The lowest BCUT2D eigenvalue weighted by molar-refractivity contribution is -0.137. The summed E-state index contributed by atoms with van der Waals surface area (Å²) in [5.74, 6) is -0.0998. The third-order valence-electron chi connectivity index (χ3n) is 4.40. The van der Waals surface area contributed by atoms with E-state index in [1.54, 1.807) is 0 Å². The molecule has 3 nitrogen and oxygen atoms in total. The van der Waals surface area contributed by atoms with Gasteiger partial charge in [0, 0.05) is 12.7 Å². The fourth-order valence-corrected chi connectivity index (χ4v) is 3.52. The Bertz CT molecular complexity index is 786. The molecule has 2 heterocycles. The molecular formula is C18H15ClF3N3. The summed E-state index contributed by atoms with van der Waals surface area (Å²) < 4.78 is 38.4. The molecule has 130 valence electrons. The molecule has 1 saturated heterocycles. The van der Waals surface area contributed by atoms with E-state index in [0.29, 0.717) is 12.4 Å². The molecule has 1 aliphatic rings. The molecule has 0 radical (unpaired) electrons. The molecule has 25 heavy (non-hydrogen) atoms.